The van der Waals surface area contributed by atoms with Crippen molar-refractivity contribution in [3.63, 3.8) is 0 Å². The van der Waals surface area contributed by atoms with Crippen LogP contribution in [0.2, 0.25) is 0 Å². The van der Waals surface area contributed by atoms with Crippen molar-refractivity contribution in [1.29, 1.82) is 0 Å². The standard InChI is InChI=1S/C27H34N6/c1-8-24-29-22(18-33(24)25(9-1)31-16-15-30-13-4-7-23(30)19-31)17-32-14-3-6-21-11-10-20-5-2-12-28-26(20)27(21)32/h1-2,5,8-9,12,18,21,23,27H,3-4,6-7,10-11,13-17,19H2/t21?,23-,27?/m0/s1. The third-order valence-corrected chi connectivity index (χ3v) is 8.65. The minimum atomic E-state index is 0.448. The van der Waals surface area contributed by atoms with Gasteiger partial charge in [-0.3, -0.25) is 19.2 Å². The van der Waals surface area contributed by atoms with Crippen LogP contribution in [0.4, 0.5) is 5.82 Å². The van der Waals surface area contributed by atoms with E-state index in [4.69, 9.17) is 9.97 Å². The van der Waals surface area contributed by atoms with Crippen LogP contribution in [0.3, 0.4) is 0 Å². The van der Waals surface area contributed by atoms with Gasteiger partial charge >= 0.3 is 0 Å². The second-order valence-corrected chi connectivity index (χ2v) is 10.5. The lowest BCUT2D eigenvalue weighted by Crippen LogP contribution is -2.50. The van der Waals surface area contributed by atoms with Crippen molar-refractivity contribution in [3.8, 4) is 0 Å². The van der Waals surface area contributed by atoms with Gasteiger partial charge in [0.1, 0.15) is 11.5 Å². The highest BCUT2D eigenvalue weighted by Gasteiger charge is 2.38. The average Bonchev–Trinajstić information content (AvgIpc) is 3.49. The summed E-state index contributed by atoms with van der Waals surface area (Å²) in [4.78, 5) is 17.9. The molecule has 0 aromatic carbocycles. The van der Waals surface area contributed by atoms with Crippen LogP contribution in [-0.2, 0) is 13.0 Å². The van der Waals surface area contributed by atoms with Crippen molar-refractivity contribution in [3.05, 3.63) is 59.7 Å². The third-order valence-electron chi connectivity index (χ3n) is 8.65. The van der Waals surface area contributed by atoms with Crippen molar-refractivity contribution in [2.45, 2.75) is 57.2 Å². The van der Waals surface area contributed by atoms with E-state index in [0.717, 1.165) is 43.8 Å². The Morgan fingerprint density at radius 3 is 2.91 bits per heavy atom. The fourth-order valence-electron chi connectivity index (χ4n) is 7.08. The Kier molecular flexibility index (Phi) is 4.90. The lowest BCUT2D eigenvalue weighted by molar-refractivity contribution is 0.0687. The Bertz CT molecular complexity index is 1150. The maximum atomic E-state index is 5.09. The van der Waals surface area contributed by atoms with Gasteiger partial charge in [-0.2, -0.15) is 0 Å². The molecule has 3 aromatic heterocycles. The van der Waals surface area contributed by atoms with Gasteiger partial charge in [-0.05, 0) is 81.3 Å². The summed E-state index contributed by atoms with van der Waals surface area (Å²) in [7, 11) is 0. The first-order valence-corrected chi connectivity index (χ1v) is 13.0. The fourth-order valence-corrected chi connectivity index (χ4v) is 7.08. The number of hydrogen-bond donors (Lipinski definition) is 0. The number of pyridine rings is 2. The number of imidazole rings is 1. The predicted octanol–water partition coefficient (Wildman–Crippen LogP) is 3.91. The second-order valence-electron chi connectivity index (χ2n) is 10.5. The summed E-state index contributed by atoms with van der Waals surface area (Å²) in [6, 6.07) is 12.2. The van der Waals surface area contributed by atoms with Gasteiger partial charge in [-0.25, -0.2) is 4.98 Å². The largest absolute Gasteiger partial charge is 0.355 e. The summed E-state index contributed by atoms with van der Waals surface area (Å²) in [6.07, 6.45) is 12.1. The lowest BCUT2D eigenvalue weighted by Gasteiger charge is -2.44. The summed E-state index contributed by atoms with van der Waals surface area (Å²) in [5.74, 6) is 2.04. The zero-order valence-electron chi connectivity index (χ0n) is 19.4. The van der Waals surface area contributed by atoms with Gasteiger partial charge in [-0.1, -0.05) is 12.1 Å². The van der Waals surface area contributed by atoms with E-state index in [1.807, 2.05) is 6.20 Å². The molecule has 0 amide bonds. The molecule has 4 aliphatic rings. The second kappa shape index (κ2) is 8.10. The van der Waals surface area contributed by atoms with E-state index in [-0.39, 0.29) is 0 Å². The maximum absolute atomic E-state index is 5.09. The molecule has 0 spiro atoms. The normalized spacial score (nSPS) is 28.0. The average molecular weight is 443 g/mol. The summed E-state index contributed by atoms with van der Waals surface area (Å²) in [6.45, 7) is 6.78. The molecule has 2 unspecified atom stereocenters. The molecule has 6 heterocycles. The Morgan fingerprint density at radius 2 is 1.91 bits per heavy atom. The molecule has 6 nitrogen and oxygen atoms in total. The molecule has 172 valence electrons. The van der Waals surface area contributed by atoms with Crippen LogP contribution in [-0.4, -0.2) is 62.9 Å². The first-order chi connectivity index (χ1) is 16.3. The molecule has 0 bridgehead atoms. The monoisotopic (exact) mass is 442 g/mol. The number of likely N-dealkylation sites (tertiary alicyclic amines) is 1. The van der Waals surface area contributed by atoms with E-state index in [0.29, 0.717) is 6.04 Å². The molecule has 6 heteroatoms. The van der Waals surface area contributed by atoms with Crippen LogP contribution in [0, 0.1) is 5.92 Å². The highest BCUT2D eigenvalue weighted by molar-refractivity contribution is 5.53. The minimum absolute atomic E-state index is 0.448. The number of rotatable bonds is 3. The fraction of sp³-hybridized carbons (Fsp3) is 0.556. The van der Waals surface area contributed by atoms with Gasteiger partial charge in [0, 0.05) is 44.6 Å². The van der Waals surface area contributed by atoms with Crippen molar-refractivity contribution < 1.29 is 0 Å². The van der Waals surface area contributed by atoms with Crippen LogP contribution < -0.4 is 4.90 Å². The topological polar surface area (TPSA) is 39.9 Å². The molecule has 0 saturated carbocycles. The lowest BCUT2D eigenvalue weighted by atomic mass is 9.77. The molecule has 3 aliphatic heterocycles. The maximum Gasteiger partial charge on any atom is 0.138 e. The first kappa shape index (κ1) is 20.0. The predicted molar refractivity (Wildman–Crippen MR) is 130 cm³/mol. The zero-order chi connectivity index (χ0) is 21.8. The SMILES string of the molecule is c1cnc2c(c1)CCC1CCCN(Cc3cn4c(N5CCN6CCC[C@H]6C5)cccc4n3)C21. The van der Waals surface area contributed by atoms with Gasteiger partial charge in [0.2, 0.25) is 0 Å². The number of aryl methyl sites for hydroxylation is 1. The molecule has 0 N–H and O–H groups in total. The molecule has 1 aliphatic carbocycles. The molecular formula is C27H34N6. The van der Waals surface area contributed by atoms with Crippen LogP contribution in [0.1, 0.15) is 55.1 Å². The van der Waals surface area contributed by atoms with E-state index in [1.54, 1.807) is 0 Å². The number of piperidine rings is 1. The summed E-state index contributed by atoms with van der Waals surface area (Å²) in [5, 5.41) is 0. The van der Waals surface area contributed by atoms with Crippen LogP contribution in [0.5, 0.6) is 0 Å². The minimum Gasteiger partial charge on any atom is -0.355 e. The van der Waals surface area contributed by atoms with Gasteiger partial charge in [0.15, 0.2) is 0 Å². The van der Waals surface area contributed by atoms with Gasteiger partial charge in [0.25, 0.3) is 0 Å². The third kappa shape index (κ3) is 3.46. The number of anilines is 1. The summed E-state index contributed by atoms with van der Waals surface area (Å²) >= 11 is 0. The van der Waals surface area contributed by atoms with E-state index in [9.17, 15) is 0 Å². The Hall–Kier alpha value is -2.44. The van der Waals surface area contributed by atoms with Crippen molar-refractivity contribution in [1.82, 2.24) is 24.2 Å². The quantitative estimate of drug-likeness (QED) is 0.615. The highest BCUT2D eigenvalue weighted by atomic mass is 15.3. The number of nitrogens with zero attached hydrogens (tertiary/aromatic N) is 6. The number of aromatic nitrogens is 3. The van der Waals surface area contributed by atoms with Crippen molar-refractivity contribution in [2.75, 3.05) is 37.6 Å². The molecule has 3 atom stereocenters. The van der Waals surface area contributed by atoms with E-state index in [2.05, 4.69) is 55.6 Å². The van der Waals surface area contributed by atoms with Crippen molar-refractivity contribution >= 4 is 11.5 Å². The molecule has 0 radical (unpaired) electrons. The molecule has 33 heavy (non-hydrogen) atoms. The Morgan fingerprint density at radius 1 is 0.939 bits per heavy atom. The Labute approximate surface area is 196 Å². The van der Waals surface area contributed by atoms with E-state index < -0.39 is 0 Å². The summed E-state index contributed by atoms with van der Waals surface area (Å²) < 4.78 is 2.34. The van der Waals surface area contributed by atoms with Gasteiger partial charge < -0.3 is 4.90 Å². The molecule has 3 fully saturated rings. The van der Waals surface area contributed by atoms with Crippen molar-refractivity contribution in [2.24, 2.45) is 5.92 Å². The van der Waals surface area contributed by atoms with E-state index in [1.165, 1.54) is 74.4 Å². The smallest absolute Gasteiger partial charge is 0.138 e. The molecule has 7 rings (SSSR count). The van der Waals surface area contributed by atoms with Crippen LogP contribution in [0.15, 0.2) is 42.7 Å². The first-order valence-electron chi connectivity index (χ1n) is 13.0. The van der Waals surface area contributed by atoms with Gasteiger partial charge in [0.05, 0.1) is 17.4 Å². The molecular weight excluding hydrogens is 408 g/mol. The number of fused-ring (bicyclic) bond motifs is 5. The number of hydrogen-bond acceptors (Lipinski definition) is 5. The summed E-state index contributed by atoms with van der Waals surface area (Å²) in [5.41, 5.74) is 5.04. The zero-order valence-corrected chi connectivity index (χ0v) is 19.4. The molecule has 3 saturated heterocycles. The van der Waals surface area contributed by atoms with Gasteiger partial charge in [-0.15, -0.1) is 0 Å². The molecule has 3 aromatic rings. The van der Waals surface area contributed by atoms with Crippen LogP contribution in [0.25, 0.3) is 5.65 Å². The Balaban J connectivity index is 1.17. The van der Waals surface area contributed by atoms with E-state index >= 15 is 0 Å². The number of piperazine rings is 1. The highest BCUT2D eigenvalue weighted by Crippen LogP contribution is 2.43. The van der Waals surface area contributed by atoms with Crippen LogP contribution >= 0.6 is 0 Å².